The molecule has 0 aliphatic heterocycles. The zero-order chi connectivity index (χ0) is 13.6. The van der Waals surface area contributed by atoms with Gasteiger partial charge in [-0.25, -0.2) is 4.98 Å². The Balaban J connectivity index is 2.20. The minimum atomic E-state index is 0.838. The van der Waals surface area contributed by atoms with Crippen molar-refractivity contribution in [2.75, 3.05) is 5.73 Å². The monoisotopic (exact) mass is 271 g/mol. The summed E-state index contributed by atoms with van der Waals surface area (Å²) in [5.74, 6) is 0.877. The van der Waals surface area contributed by atoms with Crippen LogP contribution in [-0.4, -0.2) is 9.97 Å². The van der Waals surface area contributed by atoms with Crippen molar-refractivity contribution in [3.8, 4) is 11.4 Å². The number of hydrogen-bond donors (Lipinski definition) is 2. The Bertz CT molecular complexity index is 752. The van der Waals surface area contributed by atoms with Gasteiger partial charge in [-0.3, -0.25) is 0 Å². The third-order valence-corrected chi connectivity index (χ3v) is 4.64. The average Bonchev–Trinajstić information content (AvgIpc) is 2.90. The van der Waals surface area contributed by atoms with Gasteiger partial charge in [-0.2, -0.15) is 0 Å². The summed E-state index contributed by atoms with van der Waals surface area (Å²) in [5.41, 5.74) is 11.8. The van der Waals surface area contributed by atoms with Crippen LogP contribution in [-0.2, 0) is 6.42 Å². The summed E-state index contributed by atoms with van der Waals surface area (Å²) in [7, 11) is 0. The molecule has 0 aliphatic carbocycles. The van der Waals surface area contributed by atoms with Gasteiger partial charge in [-0.1, -0.05) is 13.0 Å². The molecule has 4 heteroatoms. The Morgan fingerprint density at radius 3 is 2.74 bits per heavy atom. The molecule has 2 heterocycles. The molecule has 3 nitrogen and oxygen atoms in total. The number of nitrogens with one attached hydrogen (secondary N) is 1. The molecule has 98 valence electrons. The van der Waals surface area contributed by atoms with Crippen molar-refractivity contribution in [1.29, 1.82) is 0 Å². The van der Waals surface area contributed by atoms with Crippen molar-refractivity contribution >= 4 is 27.4 Å². The van der Waals surface area contributed by atoms with Gasteiger partial charge in [0.2, 0.25) is 0 Å². The van der Waals surface area contributed by atoms with Crippen LogP contribution >= 0.6 is 11.3 Å². The van der Waals surface area contributed by atoms with Crippen molar-refractivity contribution in [3.63, 3.8) is 0 Å². The minimum Gasteiger partial charge on any atom is -0.390 e. The van der Waals surface area contributed by atoms with E-state index < -0.39 is 0 Å². The summed E-state index contributed by atoms with van der Waals surface area (Å²) in [6.45, 7) is 6.35. The summed E-state index contributed by atoms with van der Waals surface area (Å²) in [6, 6.07) is 6.36. The summed E-state index contributed by atoms with van der Waals surface area (Å²) in [5, 5.41) is 0.838. The first-order valence-corrected chi connectivity index (χ1v) is 7.26. The van der Waals surface area contributed by atoms with Crippen LogP contribution in [0.1, 0.15) is 22.9 Å². The second-order valence-corrected chi connectivity index (χ2v) is 6.07. The van der Waals surface area contributed by atoms with Crippen LogP contribution in [0.25, 0.3) is 22.4 Å². The van der Waals surface area contributed by atoms with E-state index in [1.54, 1.807) is 11.3 Å². The fourth-order valence-corrected chi connectivity index (χ4v) is 3.28. The number of thiophene rings is 1. The number of H-pyrrole nitrogens is 1. The van der Waals surface area contributed by atoms with Gasteiger partial charge in [0.05, 0.1) is 21.6 Å². The third kappa shape index (κ3) is 1.92. The molecular formula is C15H17N3S. The molecular weight excluding hydrogens is 254 g/mol. The standard InChI is InChI=1S/C15H17N3S/c1-4-10-5-6-11-12(7-10)18-15(17-11)13-8(2)9(3)19-14(13)16/h5-7H,4,16H2,1-3H3,(H,17,18). The molecule has 0 atom stereocenters. The van der Waals surface area contributed by atoms with Crippen molar-refractivity contribution in [2.24, 2.45) is 0 Å². The lowest BCUT2D eigenvalue weighted by molar-refractivity contribution is 1.14. The predicted molar refractivity (Wildman–Crippen MR) is 82.7 cm³/mol. The molecule has 0 saturated carbocycles. The molecule has 0 saturated heterocycles. The van der Waals surface area contributed by atoms with Gasteiger partial charge in [0, 0.05) is 4.88 Å². The maximum atomic E-state index is 6.11. The normalized spacial score (nSPS) is 11.3. The number of nitrogens with two attached hydrogens (primary N) is 1. The maximum Gasteiger partial charge on any atom is 0.141 e. The highest BCUT2D eigenvalue weighted by Gasteiger charge is 2.15. The van der Waals surface area contributed by atoms with E-state index in [9.17, 15) is 0 Å². The molecule has 0 spiro atoms. The molecule has 3 aromatic rings. The minimum absolute atomic E-state index is 0.838. The predicted octanol–water partition coefficient (Wildman–Crippen LogP) is 4.05. The maximum absolute atomic E-state index is 6.11. The highest BCUT2D eigenvalue weighted by atomic mass is 32.1. The number of hydrogen-bond acceptors (Lipinski definition) is 3. The molecule has 2 aromatic heterocycles. The lowest BCUT2D eigenvalue weighted by Crippen LogP contribution is -1.87. The highest BCUT2D eigenvalue weighted by Crippen LogP contribution is 2.37. The molecule has 3 N–H and O–H groups in total. The number of fused-ring (bicyclic) bond motifs is 1. The SMILES string of the molecule is CCc1ccc2nc(-c3c(N)sc(C)c3C)[nH]c2c1. The first-order chi connectivity index (χ1) is 9.10. The number of aryl methyl sites for hydroxylation is 2. The Kier molecular flexibility index (Phi) is 2.82. The van der Waals surface area contributed by atoms with E-state index >= 15 is 0 Å². The van der Waals surface area contributed by atoms with Crippen molar-refractivity contribution in [1.82, 2.24) is 9.97 Å². The average molecular weight is 271 g/mol. The number of anilines is 1. The highest BCUT2D eigenvalue weighted by molar-refractivity contribution is 7.16. The first-order valence-electron chi connectivity index (χ1n) is 6.44. The van der Waals surface area contributed by atoms with Crippen LogP contribution in [0.3, 0.4) is 0 Å². The summed E-state index contributed by atoms with van der Waals surface area (Å²) < 4.78 is 0. The summed E-state index contributed by atoms with van der Waals surface area (Å²) >= 11 is 1.63. The van der Waals surface area contributed by atoms with Gasteiger partial charge in [-0.05, 0) is 43.5 Å². The van der Waals surface area contributed by atoms with Crippen LogP contribution in [0.5, 0.6) is 0 Å². The van der Waals surface area contributed by atoms with Crippen molar-refractivity contribution < 1.29 is 0 Å². The number of nitrogens with zero attached hydrogens (tertiary/aromatic N) is 1. The molecule has 0 radical (unpaired) electrons. The largest absolute Gasteiger partial charge is 0.390 e. The van der Waals surface area contributed by atoms with Gasteiger partial charge in [-0.15, -0.1) is 11.3 Å². The summed E-state index contributed by atoms with van der Waals surface area (Å²) in [6.07, 6.45) is 1.03. The van der Waals surface area contributed by atoms with Gasteiger partial charge >= 0.3 is 0 Å². The van der Waals surface area contributed by atoms with E-state index in [1.807, 2.05) is 0 Å². The van der Waals surface area contributed by atoms with Crippen LogP contribution in [0.2, 0.25) is 0 Å². The number of benzene rings is 1. The van der Waals surface area contributed by atoms with Crippen LogP contribution < -0.4 is 5.73 Å². The van der Waals surface area contributed by atoms with Crippen LogP contribution in [0.4, 0.5) is 5.00 Å². The number of rotatable bonds is 2. The molecule has 0 unspecified atom stereocenters. The van der Waals surface area contributed by atoms with Crippen LogP contribution in [0, 0.1) is 13.8 Å². The molecule has 0 amide bonds. The fourth-order valence-electron chi connectivity index (χ4n) is 2.34. The van der Waals surface area contributed by atoms with Crippen molar-refractivity contribution in [3.05, 3.63) is 34.2 Å². The Morgan fingerprint density at radius 2 is 2.11 bits per heavy atom. The fraction of sp³-hybridized carbons (Fsp3) is 0.267. The Morgan fingerprint density at radius 1 is 1.32 bits per heavy atom. The zero-order valence-electron chi connectivity index (χ0n) is 11.4. The Hall–Kier alpha value is -1.81. The molecule has 1 aromatic carbocycles. The second kappa shape index (κ2) is 4.38. The molecule has 0 bridgehead atoms. The van der Waals surface area contributed by atoms with E-state index in [0.717, 1.165) is 33.8 Å². The van der Waals surface area contributed by atoms with Gasteiger partial charge in [0.1, 0.15) is 5.82 Å². The Labute approximate surface area is 116 Å². The third-order valence-electron chi connectivity index (χ3n) is 3.60. The number of aromatic amines is 1. The topological polar surface area (TPSA) is 54.7 Å². The quantitative estimate of drug-likeness (QED) is 0.738. The van der Waals surface area contributed by atoms with Crippen molar-refractivity contribution in [2.45, 2.75) is 27.2 Å². The molecule has 3 rings (SSSR count). The lowest BCUT2D eigenvalue weighted by Gasteiger charge is -1.97. The first kappa shape index (κ1) is 12.2. The van der Waals surface area contributed by atoms with E-state index in [4.69, 9.17) is 5.73 Å². The molecule has 19 heavy (non-hydrogen) atoms. The molecule has 0 aliphatic rings. The van der Waals surface area contributed by atoms with E-state index in [1.165, 1.54) is 16.0 Å². The number of imidazole rings is 1. The van der Waals surface area contributed by atoms with Crippen LogP contribution in [0.15, 0.2) is 18.2 Å². The smallest absolute Gasteiger partial charge is 0.141 e. The van der Waals surface area contributed by atoms with E-state index in [-0.39, 0.29) is 0 Å². The van der Waals surface area contributed by atoms with Gasteiger partial charge < -0.3 is 10.7 Å². The second-order valence-electron chi connectivity index (χ2n) is 4.81. The van der Waals surface area contributed by atoms with E-state index in [2.05, 4.69) is 48.9 Å². The molecule has 0 fully saturated rings. The zero-order valence-corrected chi connectivity index (χ0v) is 12.2. The number of nitrogen functional groups attached to an aromatic ring is 1. The summed E-state index contributed by atoms with van der Waals surface area (Å²) in [4.78, 5) is 9.31. The van der Waals surface area contributed by atoms with Gasteiger partial charge in [0.25, 0.3) is 0 Å². The van der Waals surface area contributed by atoms with Gasteiger partial charge in [0.15, 0.2) is 0 Å². The lowest BCUT2D eigenvalue weighted by atomic mass is 10.1. The number of aromatic nitrogens is 2. The van der Waals surface area contributed by atoms with E-state index in [0.29, 0.717) is 0 Å².